The zero-order chi connectivity index (χ0) is 12.4. The Morgan fingerprint density at radius 1 is 1.59 bits per heavy atom. The molecule has 17 heavy (non-hydrogen) atoms. The number of amides is 1. The maximum atomic E-state index is 13.0. The number of rotatable bonds is 2. The van der Waals surface area contributed by atoms with Crippen LogP contribution in [0.15, 0.2) is 12.3 Å². The summed E-state index contributed by atoms with van der Waals surface area (Å²) in [6.45, 7) is 2.10. The molecule has 1 aromatic rings. The van der Waals surface area contributed by atoms with Gasteiger partial charge in [0.2, 0.25) is 0 Å². The fraction of sp³-hybridized carbons (Fsp3) is 0.500. The van der Waals surface area contributed by atoms with Crippen molar-refractivity contribution in [3.63, 3.8) is 0 Å². The second kappa shape index (κ2) is 5.00. The minimum Gasteiger partial charge on any atom is -0.349 e. The van der Waals surface area contributed by atoms with Crippen LogP contribution in [0, 0.1) is 11.7 Å². The largest absolute Gasteiger partial charge is 0.349 e. The van der Waals surface area contributed by atoms with Crippen LogP contribution in [0.5, 0.6) is 0 Å². The average Bonchev–Trinajstić information content (AvgIpc) is 2.68. The summed E-state index contributed by atoms with van der Waals surface area (Å²) in [5.41, 5.74) is 0.103. The smallest absolute Gasteiger partial charge is 0.254 e. The Morgan fingerprint density at radius 2 is 2.35 bits per heavy atom. The molecule has 0 saturated heterocycles. The van der Waals surface area contributed by atoms with Crippen molar-refractivity contribution < 1.29 is 9.18 Å². The third-order valence-corrected chi connectivity index (χ3v) is 3.53. The SMILES string of the molecule is CC1CCCC1NC(=O)c1cc(F)cnc1Cl. The van der Waals surface area contributed by atoms with Crippen molar-refractivity contribution in [2.75, 3.05) is 0 Å². The van der Waals surface area contributed by atoms with E-state index >= 15 is 0 Å². The van der Waals surface area contributed by atoms with E-state index in [4.69, 9.17) is 11.6 Å². The van der Waals surface area contributed by atoms with Gasteiger partial charge in [-0.15, -0.1) is 0 Å². The standard InChI is InChI=1S/C12H14ClFN2O/c1-7-3-2-4-10(7)16-12(17)9-5-8(14)6-15-11(9)13/h5-7,10H,2-4H2,1H3,(H,16,17). The van der Waals surface area contributed by atoms with Crippen molar-refractivity contribution in [2.24, 2.45) is 5.92 Å². The lowest BCUT2D eigenvalue weighted by Gasteiger charge is -2.17. The first-order valence-corrected chi connectivity index (χ1v) is 6.07. The monoisotopic (exact) mass is 256 g/mol. The van der Waals surface area contributed by atoms with Gasteiger partial charge in [-0.05, 0) is 24.8 Å². The summed E-state index contributed by atoms with van der Waals surface area (Å²) < 4.78 is 13.0. The second-order valence-electron chi connectivity index (χ2n) is 4.48. The van der Waals surface area contributed by atoms with Crippen LogP contribution in [-0.4, -0.2) is 16.9 Å². The predicted octanol–water partition coefficient (Wildman–Crippen LogP) is 2.79. The van der Waals surface area contributed by atoms with E-state index in [1.54, 1.807) is 0 Å². The van der Waals surface area contributed by atoms with Crippen molar-refractivity contribution in [3.05, 3.63) is 28.8 Å². The summed E-state index contributed by atoms with van der Waals surface area (Å²) in [6, 6.07) is 1.27. The van der Waals surface area contributed by atoms with Gasteiger partial charge in [-0.25, -0.2) is 9.37 Å². The van der Waals surface area contributed by atoms with Gasteiger partial charge in [0.1, 0.15) is 11.0 Å². The zero-order valence-electron chi connectivity index (χ0n) is 9.54. The van der Waals surface area contributed by atoms with Crippen LogP contribution in [0.25, 0.3) is 0 Å². The minimum atomic E-state index is -0.556. The summed E-state index contributed by atoms with van der Waals surface area (Å²) in [7, 11) is 0. The number of nitrogens with one attached hydrogen (secondary N) is 1. The Labute approximate surface area is 104 Å². The van der Waals surface area contributed by atoms with E-state index in [0.29, 0.717) is 5.92 Å². The third-order valence-electron chi connectivity index (χ3n) is 3.23. The van der Waals surface area contributed by atoms with E-state index in [1.807, 2.05) is 0 Å². The lowest BCUT2D eigenvalue weighted by Crippen LogP contribution is -2.36. The van der Waals surface area contributed by atoms with Gasteiger partial charge in [0.05, 0.1) is 11.8 Å². The molecule has 0 bridgehead atoms. The molecule has 0 aliphatic heterocycles. The van der Waals surface area contributed by atoms with Crippen molar-refractivity contribution in [1.29, 1.82) is 0 Å². The molecule has 1 aliphatic carbocycles. The maximum Gasteiger partial charge on any atom is 0.254 e. The third kappa shape index (κ3) is 2.75. The lowest BCUT2D eigenvalue weighted by atomic mass is 10.1. The topological polar surface area (TPSA) is 42.0 Å². The molecule has 1 aliphatic rings. The molecule has 1 saturated carbocycles. The van der Waals surface area contributed by atoms with Crippen molar-refractivity contribution in [2.45, 2.75) is 32.2 Å². The first kappa shape index (κ1) is 12.3. The fourth-order valence-corrected chi connectivity index (χ4v) is 2.38. The number of halogens is 2. The summed E-state index contributed by atoms with van der Waals surface area (Å²) in [6.07, 6.45) is 4.19. The minimum absolute atomic E-state index is 0.0366. The van der Waals surface area contributed by atoms with E-state index in [-0.39, 0.29) is 22.7 Å². The van der Waals surface area contributed by atoms with Crippen LogP contribution in [0.4, 0.5) is 4.39 Å². The Morgan fingerprint density at radius 3 is 3.00 bits per heavy atom. The molecule has 1 fully saturated rings. The Balaban J connectivity index is 2.11. The van der Waals surface area contributed by atoms with Crippen LogP contribution in [0.3, 0.4) is 0 Å². The molecule has 1 amide bonds. The van der Waals surface area contributed by atoms with E-state index in [1.165, 1.54) is 0 Å². The quantitative estimate of drug-likeness (QED) is 0.827. The van der Waals surface area contributed by atoms with Crippen LogP contribution in [-0.2, 0) is 0 Å². The fourth-order valence-electron chi connectivity index (χ4n) is 2.19. The molecule has 1 N–H and O–H groups in total. The molecule has 5 heteroatoms. The number of carbonyl (C=O) groups is 1. The highest BCUT2D eigenvalue weighted by atomic mass is 35.5. The maximum absolute atomic E-state index is 13.0. The van der Waals surface area contributed by atoms with E-state index in [0.717, 1.165) is 31.5 Å². The van der Waals surface area contributed by atoms with Gasteiger partial charge in [0, 0.05) is 6.04 Å². The van der Waals surface area contributed by atoms with Gasteiger partial charge >= 0.3 is 0 Å². The summed E-state index contributed by atoms with van der Waals surface area (Å²) in [5.74, 6) is -0.445. The van der Waals surface area contributed by atoms with Crippen LogP contribution < -0.4 is 5.32 Å². The Kier molecular flexibility index (Phi) is 3.62. The highest BCUT2D eigenvalue weighted by molar-refractivity contribution is 6.32. The number of aromatic nitrogens is 1. The first-order valence-electron chi connectivity index (χ1n) is 5.70. The molecule has 0 spiro atoms. The number of nitrogens with zero attached hydrogens (tertiary/aromatic N) is 1. The highest BCUT2D eigenvalue weighted by Gasteiger charge is 2.26. The zero-order valence-corrected chi connectivity index (χ0v) is 10.3. The van der Waals surface area contributed by atoms with Crippen LogP contribution in [0.2, 0.25) is 5.15 Å². The number of pyridine rings is 1. The molecule has 0 aromatic carbocycles. The summed E-state index contributed by atoms with van der Waals surface area (Å²) in [4.78, 5) is 15.5. The highest BCUT2D eigenvalue weighted by Crippen LogP contribution is 2.25. The van der Waals surface area contributed by atoms with Crippen molar-refractivity contribution >= 4 is 17.5 Å². The number of carbonyl (C=O) groups excluding carboxylic acids is 1. The molecular formula is C12H14ClFN2O. The van der Waals surface area contributed by atoms with Gasteiger partial charge in [-0.3, -0.25) is 4.79 Å². The lowest BCUT2D eigenvalue weighted by molar-refractivity contribution is 0.0929. The Hall–Kier alpha value is -1.16. The number of hydrogen-bond donors (Lipinski definition) is 1. The van der Waals surface area contributed by atoms with Gasteiger partial charge < -0.3 is 5.32 Å². The molecule has 2 rings (SSSR count). The van der Waals surface area contributed by atoms with Crippen molar-refractivity contribution in [3.8, 4) is 0 Å². The second-order valence-corrected chi connectivity index (χ2v) is 4.84. The van der Waals surface area contributed by atoms with Crippen molar-refractivity contribution in [1.82, 2.24) is 10.3 Å². The molecule has 1 aromatic heterocycles. The molecule has 1 heterocycles. The van der Waals surface area contributed by atoms with Crippen LogP contribution in [0.1, 0.15) is 36.5 Å². The van der Waals surface area contributed by atoms with Gasteiger partial charge in [0.15, 0.2) is 0 Å². The van der Waals surface area contributed by atoms with Gasteiger partial charge in [-0.2, -0.15) is 0 Å². The molecular weight excluding hydrogens is 243 g/mol. The molecule has 0 radical (unpaired) electrons. The predicted molar refractivity (Wildman–Crippen MR) is 63.5 cm³/mol. The Bertz CT molecular complexity index is 439. The van der Waals surface area contributed by atoms with Crippen LogP contribution >= 0.6 is 11.6 Å². The first-order chi connectivity index (χ1) is 8.08. The molecule has 92 valence electrons. The normalized spacial score (nSPS) is 23.7. The average molecular weight is 257 g/mol. The molecule has 2 atom stereocenters. The van der Waals surface area contributed by atoms with E-state index in [2.05, 4.69) is 17.2 Å². The van der Waals surface area contributed by atoms with E-state index in [9.17, 15) is 9.18 Å². The van der Waals surface area contributed by atoms with Gasteiger partial charge in [0.25, 0.3) is 5.91 Å². The van der Waals surface area contributed by atoms with E-state index < -0.39 is 5.82 Å². The summed E-state index contributed by atoms with van der Waals surface area (Å²) >= 11 is 5.77. The van der Waals surface area contributed by atoms with Gasteiger partial charge in [-0.1, -0.05) is 24.9 Å². The summed E-state index contributed by atoms with van der Waals surface area (Å²) in [5, 5.41) is 2.92. The molecule has 3 nitrogen and oxygen atoms in total. The molecule has 2 unspecified atom stereocenters. The number of hydrogen-bond acceptors (Lipinski definition) is 2.